The molecule has 0 saturated carbocycles. The van der Waals surface area contributed by atoms with Crippen molar-refractivity contribution >= 4 is 17.3 Å². The van der Waals surface area contributed by atoms with Gasteiger partial charge in [-0.15, -0.1) is 0 Å². The summed E-state index contributed by atoms with van der Waals surface area (Å²) in [5, 5.41) is 13.3. The van der Waals surface area contributed by atoms with Crippen LogP contribution in [-0.4, -0.2) is 62.4 Å². The molecule has 0 bridgehead atoms. The van der Waals surface area contributed by atoms with Gasteiger partial charge in [-0.1, -0.05) is 30.3 Å². The lowest BCUT2D eigenvalue weighted by Crippen LogP contribution is -2.46. The van der Waals surface area contributed by atoms with Crippen LogP contribution >= 0.6 is 0 Å². The van der Waals surface area contributed by atoms with E-state index in [1.807, 2.05) is 30.3 Å². The summed E-state index contributed by atoms with van der Waals surface area (Å²) in [5.41, 5.74) is 2.80. The topological polar surface area (TPSA) is 65.0 Å². The molecule has 2 aromatic rings. The third-order valence-electron chi connectivity index (χ3n) is 5.28. The molecule has 1 atom stereocenters. The van der Waals surface area contributed by atoms with E-state index in [1.54, 1.807) is 0 Å². The molecule has 0 radical (unpaired) electrons. The largest absolute Gasteiger partial charge is 0.388 e. The Kier molecular flexibility index (Phi) is 8.04. The molecule has 3 rings (SSSR count). The summed E-state index contributed by atoms with van der Waals surface area (Å²) in [6.07, 6.45) is 1.11. The number of hydrogen-bond donors (Lipinski definition) is 2. The van der Waals surface area contributed by atoms with E-state index in [9.17, 15) is 9.90 Å². The minimum atomic E-state index is -0.528. The second-order valence-corrected chi connectivity index (χ2v) is 7.43. The number of nitrogens with zero attached hydrogens (tertiary/aromatic N) is 2. The lowest BCUT2D eigenvalue weighted by molar-refractivity contribution is -0.119. The van der Waals surface area contributed by atoms with Gasteiger partial charge in [-0.05, 0) is 49.2 Å². The van der Waals surface area contributed by atoms with Crippen molar-refractivity contribution in [2.24, 2.45) is 0 Å². The number of anilines is 2. The highest BCUT2D eigenvalue weighted by Gasteiger charge is 2.17. The van der Waals surface area contributed by atoms with E-state index < -0.39 is 6.10 Å². The maximum absolute atomic E-state index is 11.6. The Hall–Kier alpha value is -2.41. The average molecular weight is 398 g/mol. The molecule has 0 aromatic heterocycles. The molecule has 1 saturated heterocycles. The molecule has 6 heteroatoms. The highest BCUT2D eigenvalue weighted by atomic mass is 16.5. The number of ether oxygens (including phenoxy) is 1. The summed E-state index contributed by atoms with van der Waals surface area (Å²) in [6, 6.07) is 17.9. The molecule has 1 heterocycles. The number of piperazine rings is 1. The zero-order valence-electron chi connectivity index (χ0n) is 17.1. The number of rotatable bonds is 9. The standard InChI is InChI=1S/C23H31N3O3/c1-29-18-23(28)24-20-8-5-7-19(17-20)22(27)11-6-12-25-13-15-26(16-14-25)21-9-3-2-4-10-21/h2-5,7-10,17,22,27H,6,11-16,18H2,1H3,(H,24,28). The van der Waals surface area contributed by atoms with Crippen molar-refractivity contribution in [2.75, 3.05) is 56.7 Å². The minimum Gasteiger partial charge on any atom is -0.388 e. The molecule has 1 unspecified atom stereocenters. The Labute approximate surface area is 173 Å². The number of benzene rings is 2. The van der Waals surface area contributed by atoms with E-state index >= 15 is 0 Å². The first-order valence-electron chi connectivity index (χ1n) is 10.2. The van der Waals surface area contributed by atoms with Crippen LogP contribution in [-0.2, 0) is 9.53 Å². The molecule has 1 fully saturated rings. The second-order valence-electron chi connectivity index (χ2n) is 7.43. The molecular formula is C23H31N3O3. The van der Waals surface area contributed by atoms with E-state index in [2.05, 4.69) is 39.4 Å². The molecule has 29 heavy (non-hydrogen) atoms. The highest BCUT2D eigenvalue weighted by Crippen LogP contribution is 2.22. The lowest BCUT2D eigenvalue weighted by Gasteiger charge is -2.36. The lowest BCUT2D eigenvalue weighted by atomic mass is 10.0. The van der Waals surface area contributed by atoms with Gasteiger partial charge >= 0.3 is 0 Å². The normalized spacial score (nSPS) is 15.9. The van der Waals surface area contributed by atoms with Crippen LogP contribution in [0.4, 0.5) is 11.4 Å². The maximum atomic E-state index is 11.6. The van der Waals surface area contributed by atoms with Crippen molar-refractivity contribution in [1.29, 1.82) is 0 Å². The van der Waals surface area contributed by atoms with Gasteiger partial charge in [0, 0.05) is 44.7 Å². The number of methoxy groups -OCH3 is 1. The predicted molar refractivity (Wildman–Crippen MR) is 116 cm³/mol. The summed E-state index contributed by atoms with van der Waals surface area (Å²) in [6.45, 7) is 5.18. The molecule has 0 spiro atoms. The Bertz CT molecular complexity index is 761. The van der Waals surface area contributed by atoms with Crippen molar-refractivity contribution in [1.82, 2.24) is 4.90 Å². The van der Waals surface area contributed by atoms with Crippen LogP contribution in [0, 0.1) is 0 Å². The molecular weight excluding hydrogens is 366 g/mol. The summed E-state index contributed by atoms with van der Waals surface area (Å²) in [7, 11) is 1.49. The van der Waals surface area contributed by atoms with Crippen molar-refractivity contribution in [2.45, 2.75) is 18.9 Å². The van der Waals surface area contributed by atoms with Crippen LogP contribution in [0.2, 0.25) is 0 Å². The van der Waals surface area contributed by atoms with Gasteiger partial charge in [-0.25, -0.2) is 0 Å². The monoisotopic (exact) mass is 397 g/mol. The number of amides is 1. The Morgan fingerprint density at radius 2 is 1.86 bits per heavy atom. The predicted octanol–water partition coefficient (Wildman–Crippen LogP) is 2.91. The number of para-hydroxylation sites is 1. The number of hydrogen-bond acceptors (Lipinski definition) is 5. The molecule has 1 amide bonds. The van der Waals surface area contributed by atoms with Crippen LogP contribution in [0.3, 0.4) is 0 Å². The summed E-state index contributed by atoms with van der Waals surface area (Å²) in [5.74, 6) is -0.200. The molecule has 1 aliphatic rings. The van der Waals surface area contributed by atoms with Gasteiger partial charge in [0.05, 0.1) is 6.10 Å². The van der Waals surface area contributed by atoms with E-state index in [0.717, 1.165) is 44.7 Å². The number of carbonyl (C=O) groups is 1. The number of aliphatic hydroxyl groups is 1. The number of nitrogens with one attached hydrogen (secondary N) is 1. The fraction of sp³-hybridized carbons (Fsp3) is 0.435. The van der Waals surface area contributed by atoms with Crippen molar-refractivity contribution < 1.29 is 14.6 Å². The van der Waals surface area contributed by atoms with E-state index in [4.69, 9.17) is 4.74 Å². The summed E-state index contributed by atoms with van der Waals surface area (Å²) in [4.78, 5) is 16.5. The van der Waals surface area contributed by atoms with Gasteiger partial charge < -0.3 is 20.1 Å². The van der Waals surface area contributed by atoms with Crippen molar-refractivity contribution in [3.63, 3.8) is 0 Å². The number of carbonyl (C=O) groups excluding carboxylic acids is 1. The molecule has 0 aliphatic carbocycles. The average Bonchev–Trinajstić information content (AvgIpc) is 2.75. The van der Waals surface area contributed by atoms with Crippen LogP contribution < -0.4 is 10.2 Å². The number of aliphatic hydroxyl groups excluding tert-OH is 1. The van der Waals surface area contributed by atoms with Crippen LogP contribution in [0.1, 0.15) is 24.5 Å². The van der Waals surface area contributed by atoms with Crippen molar-refractivity contribution in [3.8, 4) is 0 Å². The zero-order valence-corrected chi connectivity index (χ0v) is 17.1. The molecule has 2 N–H and O–H groups in total. The first kappa shape index (κ1) is 21.3. The summed E-state index contributed by atoms with van der Waals surface area (Å²) >= 11 is 0. The van der Waals surface area contributed by atoms with Gasteiger partial charge in [0.15, 0.2) is 0 Å². The molecule has 6 nitrogen and oxygen atoms in total. The van der Waals surface area contributed by atoms with Gasteiger partial charge in [0.1, 0.15) is 6.61 Å². The molecule has 156 valence electrons. The van der Waals surface area contributed by atoms with Crippen LogP contribution in [0.25, 0.3) is 0 Å². The SMILES string of the molecule is COCC(=O)Nc1cccc(C(O)CCCN2CCN(c3ccccc3)CC2)c1. The Morgan fingerprint density at radius 1 is 1.10 bits per heavy atom. The first-order valence-corrected chi connectivity index (χ1v) is 10.2. The fourth-order valence-electron chi connectivity index (χ4n) is 3.70. The molecule has 1 aliphatic heterocycles. The second kappa shape index (κ2) is 11.0. The van der Waals surface area contributed by atoms with E-state index in [1.165, 1.54) is 12.8 Å². The highest BCUT2D eigenvalue weighted by molar-refractivity contribution is 5.91. The fourth-order valence-corrected chi connectivity index (χ4v) is 3.70. The van der Waals surface area contributed by atoms with Gasteiger partial charge in [-0.3, -0.25) is 9.69 Å². The third-order valence-corrected chi connectivity index (χ3v) is 5.28. The third kappa shape index (κ3) is 6.56. The zero-order chi connectivity index (χ0) is 20.5. The van der Waals surface area contributed by atoms with E-state index in [0.29, 0.717) is 12.1 Å². The van der Waals surface area contributed by atoms with Gasteiger partial charge in [-0.2, -0.15) is 0 Å². The van der Waals surface area contributed by atoms with E-state index in [-0.39, 0.29) is 12.5 Å². The van der Waals surface area contributed by atoms with Gasteiger partial charge in [0.2, 0.25) is 5.91 Å². The Balaban J connectivity index is 1.40. The van der Waals surface area contributed by atoms with Crippen LogP contribution in [0.15, 0.2) is 54.6 Å². The van der Waals surface area contributed by atoms with Gasteiger partial charge in [0.25, 0.3) is 0 Å². The summed E-state index contributed by atoms with van der Waals surface area (Å²) < 4.78 is 4.83. The molecule has 2 aromatic carbocycles. The smallest absolute Gasteiger partial charge is 0.250 e. The Morgan fingerprint density at radius 3 is 2.59 bits per heavy atom. The first-order chi connectivity index (χ1) is 14.2. The van der Waals surface area contributed by atoms with Crippen molar-refractivity contribution in [3.05, 3.63) is 60.2 Å². The maximum Gasteiger partial charge on any atom is 0.250 e. The van der Waals surface area contributed by atoms with Crippen LogP contribution in [0.5, 0.6) is 0 Å². The minimum absolute atomic E-state index is 0.0182. The quantitative estimate of drug-likeness (QED) is 0.681.